The molecule has 0 atom stereocenters. The summed E-state index contributed by atoms with van der Waals surface area (Å²) in [5, 5.41) is 0. The van der Waals surface area contributed by atoms with E-state index >= 15 is 0 Å². The van der Waals surface area contributed by atoms with Crippen LogP contribution in [-0.4, -0.2) is 19.0 Å². The number of hydrogen-bond donors (Lipinski definition) is 2. The minimum Gasteiger partial charge on any atom is -0.489 e. The van der Waals surface area contributed by atoms with E-state index in [-0.39, 0.29) is 0 Å². The van der Waals surface area contributed by atoms with Crippen molar-refractivity contribution in [2.75, 3.05) is 14.1 Å². The molecule has 6 heteroatoms. The van der Waals surface area contributed by atoms with Gasteiger partial charge in [0.2, 0.25) is 0 Å². The normalized spacial score (nSPS) is 10.6. The van der Waals surface area contributed by atoms with E-state index in [9.17, 15) is 0 Å². The van der Waals surface area contributed by atoms with E-state index in [2.05, 4.69) is 9.74 Å². The Balaban J connectivity index is 2.00. The average Bonchev–Trinajstić information content (AvgIpc) is 2.53. The fraction of sp³-hybridized carbons (Fsp3) is 0.250. The van der Waals surface area contributed by atoms with Crippen molar-refractivity contribution in [3.8, 4) is 17.2 Å². The summed E-state index contributed by atoms with van der Waals surface area (Å²) in [5.41, 5.74) is 2.04. The van der Waals surface area contributed by atoms with Crippen LogP contribution in [0.15, 0.2) is 42.5 Å². The molecule has 2 aromatic carbocycles. The van der Waals surface area contributed by atoms with Crippen LogP contribution in [-0.2, 0) is 13.2 Å². The van der Waals surface area contributed by atoms with E-state index in [0.29, 0.717) is 18.1 Å². The highest BCUT2D eigenvalue weighted by atomic mass is 16.8. The van der Waals surface area contributed by atoms with Crippen LogP contribution < -0.4 is 26.2 Å². The molecule has 118 valence electrons. The lowest BCUT2D eigenvalue weighted by Gasteiger charge is -2.12. The summed E-state index contributed by atoms with van der Waals surface area (Å²) >= 11 is 0. The Labute approximate surface area is 130 Å². The molecule has 0 spiro atoms. The molecular formula is C16H21N3O3. The van der Waals surface area contributed by atoms with Gasteiger partial charge < -0.3 is 19.3 Å². The summed E-state index contributed by atoms with van der Waals surface area (Å²) in [6, 6.07) is 13.1. The third kappa shape index (κ3) is 4.36. The van der Waals surface area contributed by atoms with Gasteiger partial charge in [-0.2, -0.15) is 11.8 Å². The van der Waals surface area contributed by atoms with Gasteiger partial charge in [-0.15, -0.1) is 0 Å². The van der Waals surface area contributed by atoms with Gasteiger partial charge in [0.1, 0.15) is 12.4 Å². The van der Waals surface area contributed by atoms with Gasteiger partial charge in [-0.1, -0.05) is 12.1 Å². The summed E-state index contributed by atoms with van der Waals surface area (Å²) in [5.74, 6) is 12.1. The minimum absolute atomic E-state index is 0.338. The standard InChI is InChI=1S/C16H21N3O3/c1-19(2)10-12-3-6-14(7-4-12)20-11-13-5-8-15(21-17)9-16(13)22-18/h3-9H,10-11,17-18H2,1-2H3/i17+1. The van der Waals surface area contributed by atoms with E-state index in [1.54, 1.807) is 18.2 Å². The monoisotopic (exact) mass is 304 g/mol. The first kappa shape index (κ1) is 16.1. The smallest absolute Gasteiger partial charge is 0.157 e. The Morgan fingerprint density at radius 3 is 2.18 bits per heavy atom. The van der Waals surface area contributed by atoms with Gasteiger partial charge in [0.15, 0.2) is 11.5 Å². The topological polar surface area (TPSA) is 83.0 Å². The van der Waals surface area contributed by atoms with Gasteiger partial charge >= 0.3 is 0 Å². The number of nitrogens with two attached hydrogens (primary N) is 2. The molecule has 0 aromatic heterocycles. The molecule has 0 saturated carbocycles. The van der Waals surface area contributed by atoms with Gasteiger partial charge in [-0.05, 0) is 43.9 Å². The van der Waals surface area contributed by atoms with Crippen LogP contribution in [0.5, 0.6) is 17.2 Å². The Morgan fingerprint density at radius 1 is 0.909 bits per heavy atom. The summed E-state index contributed by atoms with van der Waals surface area (Å²) < 4.78 is 5.75. The lowest BCUT2D eigenvalue weighted by molar-refractivity contribution is 0.280. The third-order valence-electron chi connectivity index (χ3n) is 3.12. The zero-order chi connectivity index (χ0) is 15.9. The maximum atomic E-state index is 5.75. The maximum Gasteiger partial charge on any atom is 0.157 e. The highest BCUT2D eigenvalue weighted by molar-refractivity contribution is 5.40. The second-order valence-electron chi connectivity index (χ2n) is 5.18. The minimum atomic E-state index is 0.338. The highest BCUT2D eigenvalue weighted by Crippen LogP contribution is 2.25. The molecule has 0 unspecified atom stereocenters. The molecule has 4 N–H and O–H groups in total. The number of benzene rings is 2. The van der Waals surface area contributed by atoms with E-state index in [4.69, 9.17) is 21.4 Å². The van der Waals surface area contributed by atoms with Crippen LogP contribution >= 0.6 is 0 Å². The van der Waals surface area contributed by atoms with E-state index in [0.717, 1.165) is 17.9 Å². The molecule has 0 heterocycles. The molecule has 2 aromatic rings. The van der Waals surface area contributed by atoms with Crippen molar-refractivity contribution in [3.63, 3.8) is 0 Å². The number of ether oxygens (including phenoxy) is 1. The molecule has 0 aliphatic rings. The van der Waals surface area contributed by atoms with Crippen LogP contribution in [0.1, 0.15) is 11.1 Å². The van der Waals surface area contributed by atoms with E-state index < -0.39 is 0 Å². The van der Waals surface area contributed by atoms with Crippen LogP contribution in [0, 0.1) is 0 Å². The van der Waals surface area contributed by atoms with Crippen molar-refractivity contribution in [3.05, 3.63) is 53.6 Å². The predicted molar refractivity (Wildman–Crippen MR) is 84.2 cm³/mol. The molecule has 0 saturated heterocycles. The fourth-order valence-electron chi connectivity index (χ4n) is 2.05. The maximum absolute atomic E-state index is 5.75. The fourth-order valence-corrected chi connectivity index (χ4v) is 2.05. The molecule has 2 rings (SSSR count). The summed E-state index contributed by atoms with van der Waals surface area (Å²) in [6.45, 7) is 1.23. The SMILES string of the molecule is CN(C)Cc1ccc(OCc2ccc(O[15NH2])cc2ON)cc1. The van der Waals surface area contributed by atoms with Crippen molar-refractivity contribution in [2.24, 2.45) is 11.8 Å². The molecule has 0 aliphatic heterocycles. The molecule has 0 bridgehead atoms. The predicted octanol–water partition coefficient (Wildman–Crippen LogP) is 1.83. The molecule has 0 aliphatic carbocycles. The Morgan fingerprint density at radius 2 is 1.59 bits per heavy atom. The summed E-state index contributed by atoms with van der Waals surface area (Å²) in [6.07, 6.45) is 0. The van der Waals surface area contributed by atoms with Crippen LogP contribution in [0.25, 0.3) is 0 Å². The summed E-state index contributed by atoms with van der Waals surface area (Å²) in [7, 11) is 4.07. The van der Waals surface area contributed by atoms with Crippen molar-refractivity contribution in [1.29, 1.82) is 0 Å². The third-order valence-corrected chi connectivity index (χ3v) is 3.12. The zero-order valence-electron chi connectivity index (χ0n) is 12.8. The molecular weight excluding hydrogens is 283 g/mol. The molecule has 0 amide bonds. The second-order valence-corrected chi connectivity index (χ2v) is 5.18. The van der Waals surface area contributed by atoms with E-state index in [1.165, 1.54) is 5.56 Å². The first-order valence-corrected chi connectivity index (χ1v) is 6.85. The zero-order valence-corrected chi connectivity index (χ0v) is 12.8. The van der Waals surface area contributed by atoms with Crippen molar-refractivity contribution < 1.29 is 14.4 Å². The first-order valence-electron chi connectivity index (χ1n) is 6.85. The highest BCUT2D eigenvalue weighted by Gasteiger charge is 2.07. The molecule has 0 fully saturated rings. The van der Waals surface area contributed by atoms with Crippen LogP contribution in [0.4, 0.5) is 0 Å². The van der Waals surface area contributed by atoms with Gasteiger partial charge in [-0.3, -0.25) is 0 Å². The number of nitrogens with zero attached hydrogens (tertiary/aromatic N) is 1. The Kier molecular flexibility index (Phi) is 5.60. The Bertz CT molecular complexity index is 600. The first-order chi connectivity index (χ1) is 10.6. The average molecular weight is 304 g/mol. The molecule has 0 radical (unpaired) electrons. The van der Waals surface area contributed by atoms with Crippen molar-refractivity contribution in [2.45, 2.75) is 13.2 Å². The number of hydrogen-bond acceptors (Lipinski definition) is 6. The summed E-state index contributed by atoms with van der Waals surface area (Å²) in [4.78, 5) is 11.6. The Hall–Kier alpha value is -2.28. The van der Waals surface area contributed by atoms with Crippen molar-refractivity contribution >= 4 is 0 Å². The quantitative estimate of drug-likeness (QED) is 0.600. The van der Waals surface area contributed by atoms with Crippen LogP contribution in [0.2, 0.25) is 0 Å². The lowest BCUT2D eigenvalue weighted by atomic mass is 10.2. The molecule has 22 heavy (non-hydrogen) atoms. The van der Waals surface area contributed by atoms with E-state index in [1.807, 2.05) is 38.4 Å². The largest absolute Gasteiger partial charge is 0.489 e. The number of rotatable bonds is 7. The molecule has 6 nitrogen and oxygen atoms in total. The van der Waals surface area contributed by atoms with Crippen LogP contribution in [0.3, 0.4) is 0 Å². The lowest BCUT2D eigenvalue weighted by Crippen LogP contribution is -2.10. The van der Waals surface area contributed by atoms with Gasteiger partial charge in [0, 0.05) is 18.2 Å². The van der Waals surface area contributed by atoms with Crippen molar-refractivity contribution in [1.82, 2.24) is 4.90 Å². The second kappa shape index (κ2) is 7.65. The van der Waals surface area contributed by atoms with Gasteiger partial charge in [-0.25, -0.2) is 0 Å². The van der Waals surface area contributed by atoms with Gasteiger partial charge in [0.05, 0.1) is 0 Å². The van der Waals surface area contributed by atoms with Gasteiger partial charge in [0.25, 0.3) is 0 Å².